The highest BCUT2D eigenvalue weighted by Gasteiger charge is 2.49. The van der Waals surface area contributed by atoms with Crippen LogP contribution in [0.3, 0.4) is 0 Å². The molecule has 1 aromatic carbocycles. The molecule has 2 bridgehead atoms. The van der Waals surface area contributed by atoms with Crippen molar-refractivity contribution in [3.05, 3.63) is 29.8 Å². The number of hydrogen-bond acceptors (Lipinski definition) is 4. The molecule has 4 nitrogen and oxygen atoms in total. The van der Waals surface area contributed by atoms with E-state index >= 15 is 0 Å². The molecule has 0 amide bonds. The summed E-state index contributed by atoms with van der Waals surface area (Å²) in [7, 11) is 3.82. The number of carbonyl (C=O) groups excluding carboxylic acids is 1. The molecule has 128 valence electrons. The summed E-state index contributed by atoms with van der Waals surface area (Å²) in [5.74, 6) is 1.00. The second-order valence-electron chi connectivity index (χ2n) is 6.36. The molecule has 0 unspecified atom stereocenters. The molecule has 2 saturated heterocycles. The minimum absolute atomic E-state index is 0. The largest absolute Gasteiger partial charge is 0.497 e. The smallest absolute Gasteiger partial charge is 0.311 e. The van der Waals surface area contributed by atoms with E-state index in [9.17, 15) is 4.79 Å². The number of nitrogens with zero attached hydrogens (tertiary/aromatic N) is 1. The summed E-state index contributed by atoms with van der Waals surface area (Å²) in [5.41, 5.74) is 1.23. The SMILES string of the molecule is CCOC(=O)[C@H]1[C@@H](c2ccc(OC)cc2)C[C@@H]2CC[C@H]1N2C.Cl. The Balaban J connectivity index is 0.00000192. The van der Waals surface area contributed by atoms with Crippen LogP contribution in [0.2, 0.25) is 0 Å². The number of methoxy groups -OCH3 is 1. The molecule has 0 aromatic heterocycles. The van der Waals surface area contributed by atoms with Crippen molar-refractivity contribution in [1.29, 1.82) is 0 Å². The van der Waals surface area contributed by atoms with Gasteiger partial charge in [0.1, 0.15) is 5.75 Å². The first-order valence-electron chi connectivity index (χ1n) is 8.18. The molecule has 0 radical (unpaired) electrons. The first-order valence-corrected chi connectivity index (χ1v) is 8.18. The molecule has 2 aliphatic heterocycles. The number of piperidine rings is 1. The predicted molar refractivity (Wildman–Crippen MR) is 92.3 cm³/mol. The third kappa shape index (κ3) is 3.33. The van der Waals surface area contributed by atoms with E-state index in [0.29, 0.717) is 18.7 Å². The van der Waals surface area contributed by atoms with Crippen LogP contribution in [0.15, 0.2) is 24.3 Å². The first-order chi connectivity index (χ1) is 10.7. The molecule has 0 aliphatic carbocycles. The van der Waals surface area contributed by atoms with Crippen molar-refractivity contribution < 1.29 is 14.3 Å². The lowest BCUT2D eigenvalue weighted by atomic mass is 9.76. The molecular formula is C18H26ClNO3. The fraction of sp³-hybridized carbons (Fsp3) is 0.611. The fourth-order valence-electron chi connectivity index (χ4n) is 4.22. The third-order valence-electron chi connectivity index (χ3n) is 5.37. The summed E-state index contributed by atoms with van der Waals surface area (Å²) in [5, 5.41) is 0. The molecule has 2 aliphatic rings. The molecule has 2 fully saturated rings. The predicted octanol–water partition coefficient (Wildman–Crippen LogP) is 3.25. The van der Waals surface area contributed by atoms with Gasteiger partial charge in [0.2, 0.25) is 0 Å². The van der Waals surface area contributed by atoms with Crippen molar-refractivity contribution in [1.82, 2.24) is 4.90 Å². The van der Waals surface area contributed by atoms with Gasteiger partial charge in [-0.05, 0) is 50.9 Å². The maximum atomic E-state index is 12.6. The van der Waals surface area contributed by atoms with E-state index in [4.69, 9.17) is 9.47 Å². The number of esters is 1. The topological polar surface area (TPSA) is 38.8 Å². The van der Waals surface area contributed by atoms with Gasteiger partial charge in [0.15, 0.2) is 0 Å². The molecule has 2 heterocycles. The van der Waals surface area contributed by atoms with Crippen LogP contribution in [0, 0.1) is 5.92 Å². The van der Waals surface area contributed by atoms with Crippen LogP contribution in [0.5, 0.6) is 5.75 Å². The Morgan fingerprint density at radius 3 is 2.57 bits per heavy atom. The van der Waals surface area contributed by atoms with E-state index in [0.717, 1.165) is 18.6 Å². The molecule has 23 heavy (non-hydrogen) atoms. The van der Waals surface area contributed by atoms with Crippen molar-refractivity contribution >= 4 is 18.4 Å². The number of hydrogen-bond donors (Lipinski definition) is 0. The highest BCUT2D eigenvalue weighted by molar-refractivity contribution is 5.85. The monoisotopic (exact) mass is 339 g/mol. The van der Waals surface area contributed by atoms with Crippen LogP contribution in [0.1, 0.15) is 37.7 Å². The number of benzene rings is 1. The van der Waals surface area contributed by atoms with Gasteiger partial charge < -0.3 is 9.47 Å². The van der Waals surface area contributed by atoms with Gasteiger partial charge in [-0.15, -0.1) is 12.4 Å². The van der Waals surface area contributed by atoms with Crippen molar-refractivity contribution in [2.75, 3.05) is 20.8 Å². The van der Waals surface area contributed by atoms with E-state index in [1.54, 1.807) is 7.11 Å². The highest BCUT2D eigenvalue weighted by Crippen LogP contribution is 2.46. The molecule has 0 spiro atoms. The average Bonchev–Trinajstić information content (AvgIpc) is 2.77. The summed E-state index contributed by atoms with van der Waals surface area (Å²) in [6.07, 6.45) is 3.31. The number of carbonyl (C=O) groups is 1. The van der Waals surface area contributed by atoms with Gasteiger partial charge in [-0.25, -0.2) is 0 Å². The molecule has 0 N–H and O–H groups in total. The summed E-state index contributed by atoms with van der Waals surface area (Å²) < 4.78 is 10.6. The summed E-state index contributed by atoms with van der Waals surface area (Å²) >= 11 is 0. The Morgan fingerprint density at radius 1 is 1.26 bits per heavy atom. The quantitative estimate of drug-likeness (QED) is 0.789. The zero-order valence-corrected chi connectivity index (χ0v) is 14.8. The lowest BCUT2D eigenvalue weighted by molar-refractivity contribution is -0.152. The van der Waals surface area contributed by atoms with E-state index in [1.807, 2.05) is 19.1 Å². The third-order valence-corrected chi connectivity index (χ3v) is 5.37. The number of rotatable bonds is 4. The van der Waals surface area contributed by atoms with E-state index in [-0.39, 0.29) is 30.2 Å². The molecule has 3 rings (SSSR count). The van der Waals surface area contributed by atoms with Gasteiger partial charge in [-0.1, -0.05) is 12.1 Å². The fourth-order valence-corrected chi connectivity index (χ4v) is 4.22. The second kappa shape index (κ2) is 7.54. The zero-order valence-electron chi connectivity index (χ0n) is 14.0. The van der Waals surface area contributed by atoms with E-state index in [1.165, 1.54) is 12.0 Å². The highest BCUT2D eigenvalue weighted by atomic mass is 35.5. The van der Waals surface area contributed by atoms with Crippen LogP contribution in [-0.2, 0) is 9.53 Å². The lowest BCUT2D eigenvalue weighted by Gasteiger charge is -2.41. The van der Waals surface area contributed by atoms with Crippen LogP contribution in [-0.4, -0.2) is 43.7 Å². The van der Waals surface area contributed by atoms with Crippen LogP contribution >= 0.6 is 12.4 Å². The summed E-state index contributed by atoms with van der Waals surface area (Å²) in [6, 6.07) is 9.06. The minimum Gasteiger partial charge on any atom is -0.497 e. The number of halogens is 1. The van der Waals surface area contributed by atoms with E-state index < -0.39 is 0 Å². The Kier molecular flexibility index (Phi) is 5.93. The minimum atomic E-state index is -0.0582. The molecule has 5 heteroatoms. The maximum Gasteiger partial charge on any atom is 0.311 e. The Bertz CT molecular complexity index is 534. The van der Waals surface area contributed by atoms with Gasteiger partial charge in [0, 0.05) is 18.0 Å². The summed E-state index contributed by atoms with van der Waals surface area (Å²) in [4.78, 5) is 15.0. The molecule has 4 atom stereocenters. The van der Waals surface area contributed by atoms with Crippen molar-refractivity contribution in [2.24, 2.45) is 5.92 Å². The number of fused-ring (bicyclic) bond motifs is 2. The van der Waals surface area contributed by atoms with Crippen molar-refractivity contribution in [3.8, 4) is 5.75 Å². The zero-order chi connectivity index (χ0) is 15.7. The van der Waals surface area contributed by atoms with Crippen LogP contribution in [0.25, 0.3) is 0 Å². The Labute approximate surface area is 144 Å². The Hall–Kier alpha value is -1.26. The van der Waals surface area contributed by atoms with Gasteiger partial charge in [0.25, 0.3) is 0 Å². The molecule has 0 saturated carbocycles. The maximum absolute atomic E-state index is 12.6. The number of ether oxygens (including phenoxy) is 2. The van der Waals surface area contributed by atoms with Gasteiger partial charge >= 0.3 is 5.97 Å². The standard InChI is InChI=1S/C18H25NO3.ClH/c1-4-22-18(20)17-15(11-13-7-10-16(17)19(13)2)12-5-8-14(21-3)9-6-12;/h5-6,8-9,13,15-17H,4,7,10-11H2,1-3H3;1H/t13-,15+,16+,17-;/m0./s1. The summed E-state index contributed by atoms with van der Waals surface area (Å²) in [6.45, 7) is 2.33. The van der Waals surface area contributed by atoms with Crippen LogP contribution < -0.4 is 4.74 Å². The first kappa shape index (κ1) is 18.1. The van der Waals surface area contributed by atoms with E-state index in [2.05, 4.69) is 24.1 Å². The van der Waals surface area contributed by atoms with Gasteiger partial charge in [-0.2, -0.15) is 0 Å². The van der Waals surface area contributed by atoms with Gasteiger partial charge in [0.05, 0.1) is 19.6 Å². The molecule has 1 aromatic rings. The average molecular weight is 340 g/mol. The molecular weight excluding hydrogens is 314 g/mol. The normalized spacial score (nSPS) is 29.7. The second-order valence-corrected chi connectivity index (χ2v) is 6.36. The lowest BCUT2D eigenvalue weighted by Crippen LogP contribution is -2.49. The van der Waals surface area contributed by atoms with Crippen molar-refractivity contribution in [2.45, 2.75) is 44.2 Å². The van der Waals surface area contributed by atoms with Gasteiger partial charge in [-0.3, -0.25) is 9.69 Å². The Morgan fingerprint density at radius 2 is 1.96 bits per heavy atom. The van der Waals surface area contributed by atoms with Crippen molar-refractivity contribution in [3.63, 3.8) is 0 Å². The van der Waals surface area contributed by atoms with Crippen LogP contribution in [0.4, 0.5) is 0 Å².